The molecule has 6 nitrogen and oxygen atoms in total. The Bertz CT molecular complexity index is 1240. The Morgan fingerprint density at radius 1 is 1.00 bits per heavy atom. The van der Waals surface area contributed by atoms with Gasteiger partial charge >= 0.3 is 0 Å². The normalized spacial score (nSPS) is 11.6. The van der Waals surface area contributed by atoms with Crippen molar-refractivity contribution in [2.45, 2.75) is 50.0 Å². The lowest BCUT2D eigenvalue weighted by Gasteiger charge is -2.19. The summed E-state index contributed by atoms with van der Waals surface area (Å²) >= 11 is 1.60. The first kappa shape index (κ1) is 21.1. The highest BCUT2D eigenvalue weighted by Gasteiger charge is 2.15. The number of nitrogens with one attached hydrogen (secondary N) is 1. The second kappa shape index (κ2) is 8.15. The molecule has 4 aromatic rings. The van der Waals surface area contributed by atoms with Gasteiger partial charge in [-0.05, 0) is 61.2 Å². The number of hydrogen-bond acceptors (Lipinski definition) is 5. The van der Waals surface area contributed by atoms with E-state index in [1.54, 1.807) is 16.3 Å². The second-order valence-corrected chi connectivity index (χ2v) is 9.57. The van der Waals surface area contributed by atoms with E-state index in [0.29, 0.717) is 11.3 Å². The first-order valence-electron chi connectivity index (χ1n) is 10.1. The van der Waals surface area contributed by atoms with Gasteiger partial charge in [-0.25, -0.2) is 4.98 Å². The maximum absolute atomic E-state index is 12.6. The van der Waals surface area contributed by atoms with Crippen LogP contribution in [0.25, 0.3) is 5.78 Å². The molecule has 158 valence electrons. The predicted molar refractivity (Wildman–Crippen MR) is 124 cm³/mol. The molecule has 4 rings (SSSR count). The highest BCUT2D eigenvalue weighted by Crippen LogP contribution is 2.32. The Balaban J connectivity index is 1.48. The van der Waals surface area contributed by atoms with Crippen molar-refractivity contribution in [2.24, 2.45) is 0 Å². The standard InChI is InChI=1S/C24H25N5OS/c1-15-16(2)27-23-25-14-26-29(23)22(15)31-20-12-10-19(11-13-20)28-21(30)17-6-8-18(9-7-17)24(3,4)5/h6-14H,1-5H3,(H,28,30). The van der Waals surface area contributed by atoms with Crippen LogP contribution in [0.1, 0.15) is 48.0 Å². The number of aromatic nitrogens is 4. The number of hydrogen-bond donors (Lipinski definition) is 1. The van der Waals surface area contributed by atoms with Crippen LogP contribution in [0.3, 0.4) is 0 Å². The number of amides is 1. The molecule has 0 saturated heterocycles. The maximum atomic E-state index is 12.6. The van der Waals surface area contributed by atoms with Crippen molar-refractivity contribution >= 4 is 29.1 Å². The molecule has 0 spiro atoms. The number of benzene rings is 2. The molecule has 7 heteroatoms. The van der Waals surface area contributed by atoms with Gasteiger partial charge in [0.05, 0.1) is 0 Å². The lowest BCUT2D eigenvalue weighted by atomic mass is 9.87. The highest BCUT2D eigenvalue weighted by molar-refractivity contribution is 7.99. The Morgan fingerprint density at radius 3 is 2.32 bits per heavy atom. The van der Waals surface area contributed by atoms with Gasteiger partial charge in [0, 0.05) is 27.4 Å². The van der Waals surface area contributed by atoms with Crippen molar-refractivity contribution in [3.63, 3.8) is 0 Å². The van der Waals surface area contributed by atoms with E-state index < -0.39 is 0 Å². The molecule has 0 fully saturated rings. The summed E-state index contributed by atoms with van der Waals surface area (Å²) in [7, 11) is 0. The third kappa shape index (κ3) is 4.46. The van der Waals surface area contributed by atoms with Gasteiger partial charge in [-0.15, -0.1) is 0 Å². The lowest BCUT2D eigenvalue weighted by Crippen LogP contribution is -2.14. The van der Waals surface area contributed by atoms with Crippen LogP contribution in [0.15, 0.2) is 64.8 Å². The smallest absolute Gasteiger partial charge is 0.255 e. The molecule has 31 heavy (non-hydrogen) atoms. The van der Waals surface area contributed by atoms with Gasteiger partial charge in [-0.2, -0.15) is 14.6 Å². The average molecular weight is 432 g/mol. The van der Waals surface area contributed by atoms with Gasteiger partial charge in [0.25, 0.3) is 11.7 Å². The predicted octanol–water partition coefficient (Wildman–Crippen LogP) is 5.44. The Hall–Kier alpha value is -3.19. The summed E-state index contributed by atoms with van der Waals surface area (Å²) in [5, 5.41) is 8.24. The maximum Gasteiger partial charge on any atom is 0.255 e. The zero-order chi connectivity index (χ0) is 22.2. The van der Waals surface area contributed by atoms with Gasteiger partial charge in [0.2, 0.25) is 0 Å². The molecular weight excluding hydrogens is 406 g/mol. The number of carbonyl (C=O) groups excluding carboxylic acids is 1. The summed E-state index contributed by atoms with van der Waals surface area (Å²) in [5.41, 5.74) is 4.66. The minimum Gasteiger partial charge on any atom is -0.322 e. The van der Waals surface area contributed by atoms with Gasteiger partial charge < -0.3 is 5.32 Å². The largest absolute Gasteiger partial charge is 0.322 e. The summed E-state index contributed by atoms with van der Waals surface area (Å²) < 4.78 is 1.75. The molecule has 0 aliphatic heterocycles. The molecule has 2 heterocycles. The first-order chi connectivity index (χ1) is 14.7. The molecule has 0 aliphatic rings. The molecule has 0 bridgehead atoms. The molecule has 2 aromatic carbocycles. The number of rotatable bonds is 4. The van der Waals surface area contributed by atoms with Crippen LogP contribution in [0.5, 0.6) is 0 Å². The van der Waals surface area contributed by atoms with Crippen LogP contribution in [-0.4, -0.2) is 25.5 Å². The van der Waals surface area contributed by atoms with Gasteiger partial charge in [-0.3, -0.25) is 4.79 Å². The fraction of sp³-hybridized carbons (Fsp3) is 0.250. The van der Waals surface area contributed by atoms with Crippen molar-refractivity contribution in [1.82, 2.24) is 19.6 Å². The molecule has 1 amide bonds. The Labute approximate surface area is 186 Å². The van der Waals surface area contributed by atoms with E-state index in [2.05, 4.69) is 41.2 Å². The average Bonchev–Trinajstić information content (AvgIpc) is 3.20. The molecule has 0 atom stereocenters. The Kier molecular flexibility index (Phi) is 5.54. The molecule has 0 unspecified atom stereocenters. The van der Waals surface area contributed by atoms with Crippen molar-refractivity contribution < 1.29 is 4.79 Å². The van der Waals surface area contributed by atoms with Crippen molar-refractivity contribution in [3.8, 4) is 0 Å². The SMILES string of the molecule is Cc1nc2ncnn2c(Sc2ccc(NC(=O)c3ccc(C(C)(C)C)cc3)cc2)c1C. The summed E-state index contributed by atoms with van der Waals surface area (Å²) in [6, 6.07) is 15.6. The van der Waals surface area contributed by atoms with Crippen LogP contribution in [-0.2, 0) is 5.41 Å². The summed E-state index contributed by atoms with van der Waals surface area (Å²) in [6.45, 7) is 10.5. The Morgan fingerprint density at radius 2 is 1.68 bits per heavy atom. The van der Waals surface area contributed by atoms with Crippen LogP contribution >= 0.6 is 11.8 Å². The van der Waals surface area contributed by atoms with Crippen LogP contribution in [0.4, 0.5) is 5.69 Å². The molecule has 2 aromatic heterocycles. The summed E-state index contributed by atoms with van der Waals surface area (Å²) in [4.78, 5) is 22.3. The monoisotopic (exact) mass is 431 g/mol. The quantitative estimate of drug-likeness (QED) is 0.436. The molecule has 0 saturated carbocycles. The topological polar surface area (TPSA) is 72.2 Å². The highest BCUT2D eigenvalue weighted by atomic mass is 32.2. The summed E-state index contributed by atoms with van der Waals surface area (Å²) in [5.74, 6) is 0.470. The number of aryl methyl sites for hydroxylation is 1. The fourth-order valence-corrected chi connectivity index (χ4v) is 4.18. The molecule has 0 radical (unpaired) electrons. The van der Waals surface area contributed by atoms with E-state index in [1.807, 2.05) is 62.4 Å². The lowest BCUT2D eigenvalue weighted by molar-refractivity contribution is 0.102. The number of nitrogens with zero attached hydrogens (tertiary/aromatic N) is 4. The van der Waals surface area contributed by atoms with E-state index in [9.17, 15) is 4.79 Å². The zero-order valence-electron chi connectivity index (χ0n) is 18.3. The van der Waals surface area contributed by atoms with Crippen LogP contribution in [0.2, 0.25) is 0 Å². The van der Waals surface area contributed by atoms with E-state index in [1.165, 1.54) is 11.9 Å². The van der Waals surface area contributed by atoms with Crippen molar-refractivity contribution in [3.05, 3.63) is 77.2 Å². The minimum absolute atomic E-state index is 0.0615. The number of anilines is 1. The van der Waals surface area contributed by atoms with Crippen molar-refractivity contribution in [2.75, 3.05) is 5.32 Å². The number of carbonyl (C=O) groups is 1. The molecule has 0 aliphatic carbocycles. The van der Waals surface area contributed by atoms with Gasteiger partial charge in [-0.1, -0.05) is 44.7 Å². The van der Waals surface area contributed by atoms with Gasteiger partial charge in [0.15, 0.2) is 0 Å². The fourth-order valence-electron chi connectivity index (χ4n) is 3.16. The molecular formula is C24H25N5OS. The van der Waals surface area contributed by atoms with E-state index in [4.69, 9.17) is 0 Å². The third-order valence-corrected chi connectivity index (χ3v) is 6.37. The van der Waals surface area contributed by atoms with Gasteiger partial charge in [0.1, 0.15) is 11.4 Å². The summed E-state index contributed by atoms with van der Waals surface area (Å²) in [6.07, 6.45) is 1.51. The molecule has 1 N–H and O–H groups in total. The third-order valence-electron chi connectivity index (χ3n) is 5.19. The van der Waals surface area contributed by atoms with E-state index >= 15 is 0 Å². The zero-order valence-corrected chi connectivity index (χ0v) is 19.1. The van der Waals surface area contributed by atoms with E-state index in [-0.39, 0.29) is 11.3 Å². The van der Waals surface area contributed by atoms with E-state index in [0.717, 1.165) is 26.9 Å². The van der Waals surface area contributed by atoms with Crippen molar-refractivity contribution in [1.29, 1.82) is 0 Å². The first-order valence-corrected chi connectivity index (χ1v) is 10.9. The van der Waals surface area contributed by atoms with Crippen LogP contribution in [0, 0.1) is 13.8 Å². The van der Waals surface area contributed by atoms with Crippen LogP contribution < -0.4 is 5.32 Å². The second-order valence-electron chi connectivity index (χ2n) is 8.51. The number of fused-ring (bicyclic) bond motifs is 1. The minimum atomic E-state index is -0.120.